The van der Waals surface area contributed by atoms with Crippen molar-refractivity contribution in [1.82, 2.24) is 4.98 Å². The van der Waals surface area contributed by atoms with Crippen LogP contribution in [-0.4, -0.2) is 30.6 Å². The second-order valence-electron chi connectivity index (χ2n) is 4.35. The smallest absolute Gasteiger partial charge is 0.341 e. The molecule has 1 heterocycles. The zero-order chi connectivity index (χ0) is 14.4. The van der Waals surface area contributed by atoms with Gasteiger partial charge in [-0.15, -0.1) is 0 Å². The largest absolute Gasteiger partial charge is 0.462 e. The maximum absolute atomic E-state index is 12.0. The molecule has 1 aromatic heterocycles. The van der Waals surface area contributed by atoms with Crippen LogP contribution in [0.1, 0.15) is 23.7 Å². The van der Waals surface area contributed by atoms with Gasteiger partial charge in [0.1, 0.15) is 5.56 Å². The Morgan fingerprint density at radius 3 is 2.95 bits per heavy atom. The van der Waals surface area contributed by atoms with E-state index < -0.39 is 0 Å². The van der Waals surface area contributed by atoms with Crippen molar-refractivity contribution in [1.29, 1.82) is 0 Å². The number of nitrogens with zero attached hydrogens (tertiary/aromatic N) is 1. The number of aromatic nitrogens is 1. The number of rotatable bonds is 6. The number of esters is 1. The third kappa shape index (κ3) is 3.05. The van der Waals surface area contributed by atoms with E-state index in [0.717, 1.165) is 23.0 Å². The molecule has 0 aliphatic heterocycles. The molecule has 5 heteroatoms. The Labute approximate surface area is 118 Å². The number of para-hydroxylation sites is 1. The third-order valence-electron chi connectivity index (χ3n) is 2.95. The van der Waals surface area contributed by atoms with Crippen molar-refractivity contribution in [3.8, 4) is 0 Å². The molecule has 2 rings (SSSR count). The van der Waals surface area contributed by atoms with Crippen molar-refractivity contribution in [2.45, 2.75) is 13.3 Å². The van der Waals surface area contributed by atoms with Gasteiger partial charge in [-0.05, 0) is 26.0 Å². The number of benzene rings is 1. The van der Waals surface area contributed by atoms with Crippen molar-refractivity contribution >= 4 is 22.6 Å². The topological polar surface area (TPSA) is 77.2 Å². The molecule has 0 spiro atoms. The van der Waals surface area contributed by atoms with E-state index in [1.165, 1.54) is 0 Å². The summed E-state index contributed by atoms with van der Waals surface area (Å²) in [6, 6.07) is 7.70. The molecule has 0 aliphatic rings. The van der Waals surface area contributed by atoms with Gasteiger partial charge < -0.3 is 15.8 Å². The Bertz CT molecular complexity index is 599. The van der Waals surface area contributed by atoms with Crippen molar-refractivity contribution in [2.24, 2.45) is 5.73 Å². The van der Waals surface area contributed by atoms with E-state index in [9.17, 15) is 4.79 Å². The molecule has 20 heavy (non-hydrogen) atoms. The number of hydrogen-bond donors (Lipinski definition) is 2. The van der Waals surface area contributed by atoms with Crippen LogP contribution in [0.25, 0.3) is 10.9 Å². The number of carbonyl (C=O) groups excluding carboxylic acids is 1. The molecule has 0 saturated heterocycles. The van der Waals surface area contributed by atoms with Crippen molar-refractivity contribution in [3.05, 3.63) is 36.0 Å². The van der Waals surface area contributed by atoms with Crippen LogP contribution in [0.4, 0.5) is 5.69 Å². The van der Waals surface area contributed by atoms with Crippen LogP contribution >= 0.6 is 0 Å². The molecule has 0 atom stereocenters. The lowest BCUT2D eigenvalue weighted by atomic mass is 10.1. The summed E-state index contributed by atoms with van der Waals surface area (Å²) in [5.74, 6) is -0.360. The molecular weight excluding hydrogens is 254 g/mol. The molecule has 0 unspecified atom stereocenters. The number of nitrogens with one attached hydrogen (secondary N) is 1. The molecule has 2 aromatic rings. The Morgan fingerprint density at radius 2 is 2.20 bits per heavy atom. The predicted molar refractivity (Wildman–Crippen MR) is 79.9 cm³/mol. The minimum Gasteiger partial charge on any atom is -0.462 e. The van der Waals surface area contributed by atoms with Crippen LogP contribution in [0.15, 0.2) is 30.5 Å². The van der Waals surface area contributed by atoms with Crippen molar-refractivity contribution in [3.63, 3.8) is 0 Å². The summed E-state index contributed by atoms with van der Waals surface area (Å²) in [5.41, 5.74) is 7.58. The molecule has 5 nitrogen and oxygen atoms in total. The van der Waals surface area contributed by atoms with Gasteiger partial charge in [0.05, 0.1) is 17.8 Å². The minimum absolute atomic E-state index is 0.341. The number of anilines is 1. The monoisotopic (exact) mass is 273 g/mol. The minimum atomic E-state index is -0.360. The van der Waals surface area contributed by atoms with Gasteiger partial charge in [0.2, 0.25) is 0 Å². The van der Waals surface area contributed by atoms with Gasteiger partial charge in [-0.25, -0.2) is 4.79 Å². The van der Waals surface area contributed by atoms with Crippen molar-refractivity contribution < 1.29 is 9.53 Å². The van der Waals surface area contributed by atoms with E-state index >= 15 is 0 Å². The number of ether oxygens (including phenoxy) is 1. The molecule has 3 N–H and O–H groups in total. The van der Waals surface area contributed by atoms with Gasteiger partial charge >= 0.3 is 5.97 Å². The van der Waals surface area contributed by atoms with E-state index in [4.69, 9.17) is 10.5 Å². The normalized spacial score (nSPS) is 10.5. The van der Waals surface area contributed by atoms with Gasteiger partial charge in [0.25, 0.3) is 0 Å². The predicted octanol–water partition coefficient (Wildman–Crippen LogP) is 2.17. The average molecular weight is 273 g/mol. The summed E-state index contributed by atoms with van der Waals surface area (Å²) in [4.78, 5) is 16.3. The fourth-order valence-electron chi connectivity index (χ4n) is 2.01. The highest BCUT2D eigenvalue weighted by atomic mass is 16.5. The highest BCUT2D eigenvalue weighted by Gasteiger charge is 2.15. The highest BCUT2D eigenvalue weighted by molar-refractivity contribution is 6.04. The molecule has 106 valence electrons. The Hall–Kier alpha value is -2.14. The van der Waals surface area contributed by atoms with E-state index in [1.54, 1.807) is 13.1 Å². The van der Waals surface area contributed by atoms with E-state index in [1.807, 2.05) is 24.3 Å². The fraction of sp³-hybridized carbons (Fsp3) is 0.333. The van der Waals surface area contributed by atoms with Crippen LogP contribution in [0.2, 0.25) is 0 Å². The first-order valence-corrected chi connectivity index (χ1v) is 6.76. The number of nitrogens with two attached hydrogens (primary N) is 1. The lowest BCUT2D eigenvalue weighted by molar-refractivity contribution is 0.0527. The number of hydrogen-bond acceptors (Lipinski definition) is 5. The SMILES string of the molecule is CCOC(=O)c1cnc2ccccc2c1NCCCN. The zero-order valence-electron chi connectivity index (χ0n) is 11.6. The number of fused-ring (bicyclic) bond motifs is 1. The molecule has 0 radical (unpaired) electrons. The summed E-state index contributed by atoms with van der Waals surface area (Å²) >= 11 is 0. The van der Waals surface area contributed by atoms with Crippen molar-refractivity contribution in [2.75, 3.05) is 25.0 Å². The first-order chi connectivity index (χ1) is 9.77. The molecule has 0 fully saturated rings. The lowest BCUT2D eigenvalue weighted by Gasteiger charge is -2.13. The summed E-state index contributed by atoms with van der Waals surface area (Å²) in [7, 11) is 0. The molecular formula is C15H19N3O2. The van der Waals surface area contributed by atoms with Crippen LogP contribution in [0.3, 0.4) is 0 Å². The Morgan fingerprint density at radius 1 is 1.40 bits per heavy atom. The Kier molecular flexibility index (Phi) is 4.90. The van der Waals surface area contributed by atoms with Gasteiger partial charge in [0, 0.05) is 18.1 Å². The number of carbonyl (C=O) groups is 1. The summed E-state index contributed by atoms with van der Waals surface area (Å²) in [5, 5.41) is 4.19. The van der Waals surface area contributed by atoms with Crippen LogP contribution in [-0.2, 0) is 4.74 Å². The lowest BCUT2D eigenvalue weighted by Crippen LogP contribution is -2.13. The quantitative estimate of drug-likeness (QED) is 0.623. The number of pyridine rings is 1. The molecule has 0 bridgehead atoms. The maximum Gasteiger partial charge on any atom is 0.341 e. The molecule has 0 aliphatic carbocycles. The van der Waals surface area contributed by atoms with E-state index in [2.05, 4.69) is 10.3 Å². The fourth-order valence-corrected chi connectivity index (χ4v) is 2.01. The average Bonchev–Trinajstić information content (AvgIpc) is 2.47. The van der Waals surface area contributed by atoms with Crippen LogP contribution in [0.5, 0.6) is 0 Å². The summed E-state index contributed by atoms with van der Waals surface area (Å²) < 4.78 is 5.08. The standard InChI is InChI=1S/C15H19N3O2/c1-2-20-15(19)12-10-18-13-7-4-3-6-11(13)14(12)17-9-5-8-16/h3-4,6-7,10H,2,5,8-9,16H2,1H3,(H,17,18). The van der Waals surface area contributed by atoms with Gasteiger partial charge in [-0.3, -0.25) is 4.98 Å². The maximum atomic E-state index is 12.0. The Balaban J connectivity index is 2.44. The second-order valence-corrected chi connectivity index (χ2v) is 4.35. The van der Waals surface area contributed by atoms with Crippen LogP contribution in [0, 0.1) is 0 Å². The summed E-state index contributed by atoms with van der Waals surface area (Å²) in [6.07, 6.45) is 2.39. The summed E-state index contributed by atoms with van der Waals surface area (Å²) in [6.45, 7) is 3.43. The first kappa shape index (κ1) is 14.3. The second kappa shape index (κ2) is 6.86. The first-order valence-electron chi connectivity index (χ1n) is 6.76. The molecule has 0 amide bonds. The van der Waals surface area contributed by atoms with E-state index in [0.29, 0.717) is 25.3 Å². The van der Waals surface area contributed by atoms with Crippen LogP contribution < -0.4 is 11.1 Å². The van der Waals surface area contributed by atoms with Gasteiger partial charge in [-0.1, -0.05) is 18.2 Å². The highest BCUT2D eigenvalue weighted by Crippen LogP contribution is 2.26. The molecule has 1 aromatic carbocycles. The third-order valence-corrected chi connectivity index (χ3v) is 2.95. The van der Waals surface area contributed by atoms with E-state index in [-0.39, 0.29) is 5.97 Å². The van der Waals surface area contributed by atoms with Gasteiger partial charge in [-0.2, -0.15) is 0 Å². The molecule has 0 saturated carbocycles. The van der Waals surface area contributed by atoms with Gasteiger partial charge in [0.15, 0.2) is 0 Å². The zero-order valence-corrected chi connectivity index (χ0v) is 11.6.